The molecule has 0 bridgehead atoms. The van der Waals surface area contributed by atoms with Crippen LogP contribution in [0.4, 0.5) is 4.79 Å². The van der Waals surface area contributed by atoms with E-state index in [-0.39, 0.29) is 13.2 Å². The molecule has 0 radical (unpaired) electrons. The number of hydrogen-bond donors (Lipinski definition) is 0. The van der Waals surface area contributed by atoms with Gasteiger partial charge in [-0.25, -0.2) is 9.59 Å². The van der Waals surface area contributed by atoms with Gasteiger partial charge in [0.25, 0.3) is 0 Å². The molecule has 0 fully saturated rings. The van der Waals surface area contributed by atoms with Crippen LogP contribution in [0.15, 0.2) is 35.3 Å². The monoisotopic (exact) mass is 235 g/mol. The highest BCUT2D eigenvalue weighted by Gasteiger charge is 2.01. The van der Waals surface area contributed by atoms with Gasteiger partial charge < -0.3 is 9.47 Å². The second-order valence-corrected chi connectivity index (χ2v) is 3.05. The second-order valence-electron chi connectivity index (χ2n) is 3.05. The maximum absolute atomic E-state index is 11.1. The Balaban J connectivity index is 2.33. The normalized spacial score (nSPS) is 10.2. The highest BCUT2D eigenvalue weighted by Crippen LogP contribution is 2.01. The number of carbonyl (C=O) groups excluding carboxylic acids is 2. The van der Waals surface area contributed by atoms with Crippen molar-refractivity contribution in [1.82, 2.24) is 0 Å². The van der Waals surface area contributed by atoms with Crippen molar-refractivity contribution in [2.45, 2.75) is 13.5 Å². The van der Waals surface area contributed by atoms with Gasteiger partial charge in [-0.1, -0.05) is 30.3 Å². The zero-order chi connectivity index (χ0) is 12.5. The van der Waals surface area contributed by atoms with Gasteiger partial charge in [0.2, 0.25) is 0 Å². The van der Waals surface area contributed by atoms with Crippen LogP contribution in [0, 0.1) is 0 Å². The van der Waals surface area contributed by atoms with E-state index in [1.807, 2.05) is 30.3 Å². The molecule has 1 rings (SSSR count). The van der Waals surface area contributed by atoms with Crippen molar-refractivity contribution in [2.75, 3.05) is 6.61 Å². The number of amides is 1. The number of benzene rings is 1. The number of ether oxygens (including phenoxy) is 2. The van der Waals surface area contributed by atoms with Gasteiger partial charge in [0.05, 0.1) is 6.61 Å². The summed E-state index contributed by atoms with van der Waals surface area (Å²) in [6.07, 6.45) is -0.0153. The van der Waals surface area contributed by atoms with Crippen molar-refractivity contribution in [1.29, 1.82) is 0 Å². The highest BCUT2D eigenvalue weighted by molar-refractivity contribution is 6.24. The molecule has 1 aromatic rings. The summed E-state index contributed by atoms with van der Waals surface area (Å²) in [5, 5.41) is 0. The fourth-order valence-electron chi connectivity index (χ4n) is 1.04. The molecule has 0 aliphatic carbocycles. The van der Waals surface area contributed by atoms with Crippen LogP contribution in [-0.4, -0.2) is 24.9 Å². The van der Waals surface area contributed by atoms with E-state index in [1.165, 1.54) is 0 Å². The number of aliphatic imine (C=N–C) groups is 1. The Labute approximate surface area is 99.1 Å². The van der Waals surface area contributed by atoms with Gasteiger partial charge in [-0.2, -0.15) is 4.99 Å². The largest absolute Gasteiger partial charge is 0.462 e. The third kappa shape index (κ3) is 5.46. The average molecular weight is 235 g/mol. The summed E-state index contributed by atoms with van der Waals surface area (Å²) >= 11 is 0. The summed E-state index contributed by atoms with van der Waals surface area (Å²) in [7, 11) is 0. The molecule has 17 heavy (non-hydrogen) atoms. The van der Waals surface area contributed by atoms with Gasteiger partial charge in [0.1, 0.15) is 12.8 Å². The Morgan fingerprint density at radius 2 is 1.94 bits per heavy atom. The molecule has 0 atom stereocenters. The quantitative estimate of drug-likeness (QED) is 0.591. The lowest BCUT2D eigenvalue weighted by Gasteiger charge is -2.00. The summed E-state index contributed by atoms with van der Waals surface area (Å²) in [6.45, 7) is 2.03. The molecule has 0 spiro atoms. The molecule has 5 nitrogen and oxygen atoms in total. The molecule has 0 unspecified atom stereocenters. The number of nitrogens with zero attached hydrogens (tertiary/aromatic N) is 1. The molecule has 90 valence electrons. The first kappa shape index (κ1) is 12.9. The minimum absolute atomic E-state index is 0.125. The predicted molar refractivity (Wildman–Crippen MR) is 61.8 cm³/mol. The van der Waals surface area contributed by atoms with Crippen LogP contribution in [0.1, 0.15) is 12.5 Å². The van der Waals surface area contributed by atoms with Crippen molar-refractivity contribution in [2.24, 2.45) is 4.99 Å². The molecule has 0 aliphatic rings. The van der Waals surface area contributed by atoms with Crippen molar-refractivity contribution < 1.29 is 19.1 Å². The van der Waals surface area contributed by atoms with Crippen molar-refractivity contribution >= 4 is 18.3 Å². The molecular formula is C12H13NO4. The van der Waals surface area contributed by atoms with E-state index in [0.29, 0.717) is 0 Å². The summed E-state index contributed by atoms with van der Waals surface area (Å²) in [6, 6.07) is 9.19. The Bertz CT molecular complexity index is 400. The third-order valence-electron chi connectivity index (χ3n) is 1.77. The van der Waals surface area contributed by atoms with Gasteiger partial charge in [-0.15, -0.1) is 0 Å². The fourth-order valence-corrected chi connectivity index (χ4v) is 1.04. The minimum atomic E-state index is -0.818. The molecule has 0 saturated carbocycles. The van der Waals surface area contributed by atoms with E-state index in [1.54, 1.807) is 6.92 Å². The predicted octanol–water partition coefficient (Wildman–Crippen LogP) is 1.96. The third-order valence-corrected chi connectivity index (χ3v) is 1.77. The SMILES string of the molecule is CCOC(=O)/C=N\C(=O)OCc1ccccc1. The molecule has 0 N–H and O–H groups in total. The first-order chi connectivity index (χ1) is 8.22. The van der Waals surface area contributed by atoms with E-state index >= 15 is 0 Å². The highest BCUT2D eigenvalue weighted by atomic mass is 16.5. The first-order valence-electron chi connectivity index (χ1n) is 5.14. The first-order valence-corrected chi connectivity index (χ1v) is 5.14. The summed E-state index contributed by atoms with van der Waals surface area (Å²) in [5.41, 5.74) is 0.854. The Hall–Kier alpha value is -2.17. The molecule has 0 saturated heterocycles. The summed E-state index contributed by atoms with van der Waals surface area (Å²) in [5.74, 6) is -0.663. The smallest absolute Gasteiger partial charge is 0.434 e. The van der Waals surface area contributed by atoms with Crippen molar-refractivity contribution in [3.63, 3.8) is 0 Å². The van der Waals surface area contributed by atoms with Gasteiger partial charge in [-0.3, -0.25) is 0 Å². The standard InChI is InChI=1S/C12H13NO4/c1-2-16-11(14)8-13-12(15)17-9-10-6-4-3-5-7-10/h3-8H,2,9H2,1H3/b13-8-. The van der Waals surface area contributed by atoms with Crippen LogP contribution < -0.4 is 0 Å². The zero-order valence-electron chi connectivity index (χ0n) is 9.46. The summed E-state index contributed by atoms with van der Waals surface area (Å²) < 4.78 is 9.37. The number of esters is 1. The topological polar surface area (TPSA) is 65.0 Å². The lowest BCUT2D eigenvalue weighted by molar-refractivity contribution is -0.134. The Morgan fingerprint density at radius 3 is 2.59 bits per heavy atom. The van der Waals surface area contributed by atoms with Crippen LogP contribution in [-0.2, 0) is 20.9 Å². The van der Waals surface area contributed by atoms with E-state index < -0.39 is 12.1 Å². The minimum Gasteiger partial charge on any atom is -0.462 e. The molecule has 1 amide bonds. The average Bonchev–Trinajstić information content (AvgIpc) is 2.35. The maximum Gasteiger partial charge on any atom is 0.434 e. The van der Waals surface area contributed by atoms with E-state index in [9.17, 15) is 9.59 Å². The van der Waals surface area contributed by atoms with E-state index in [2.05, 4.69) is 9.73 Å². The zero-order valence-corrected chi connectivity index (χ0v) is 9.46. The molecule has 1 aromatic carbocycles. The molecule has 0 aliphatic heterocycles. The van der Waals surface area contributed by atoms with Gasteiger partial charge in [0, 0.05) is 0 Å². The number of hydrogen-bond acceptors (Lipinski definition) is 4. The second kappa shape index (κ2) is 7.16. The van der Waals surface area contributed by atoms with Crippen LogP contribution in [0.25, 0.3) is 0 Å². The lowest BCUT2D eigenvalue weighted by atomic mass is 10.2. The van der Waals surface area contributed by atoms with Crippen LogP contribution in [0.2, 0.25) is 0 Å². The molecular weight excluding hydrogens is 222 g/mol. The van der Waals surface area contributed by atoms with Crippen LogP contribution in [0.3, 0.4) is 0 Å². The van der Waals surface area contributed by atoms with Gasteiger partial charge in [-0.05, 0) is 12.5 Å². The van der Waals surface area contributed by atoms with E-state index in [4.69, 9.17) is 4.74 Å². The Morgan fingerprint density at radius 1 is 1.24 bits per heavy atom. The lowest BCUT2D eigenvalue weighted by Crippen LogP contribution is -2.07. The van der Waals surface area contributed by atoms with Crippen LogP contribution in [0.5, 0.6) is 0 Å². The molecule has 0 aromatic heterocycles. The summed E-state index contributed by atoms with van der Waals surface area (Å²) in [4.78, 5) is 25.2. The van der Waals surface area contributed by atoms with E-state index in [0.717, 1.165) is 11.8 Å². The number of rotatable bonds is 4. The van der Waals surface area contributed by atoms with Gasteiger partial charge >= 0.3 is 12.1 Å². The van der Waals surface area contributed by atoms with Crippen LogP contribution >= 0.6 is 0 Å². The fraction of sp³-hybridized carbons (Fsp3) is 0.250. The molecule has 0 heterocycles. The Kier molecular flexibility index (Phi) is 5.43. The molecule has 5 heteroatoms. The van der Waals surface area contributed by atoms with Crippen molar-refractivity contribution in [3.05, 3.63) is 35.9 Å². The number of carbonyl (C=O) groups is 2. The maximum atomic E-state index is 11.1. The van der Waals surface area contributed by atoms with Gasteiger partial charge in [0.15, 0.2) is 0 Å². The van der Waals surface area contributed by atoms with Crippen molar-refractivity contribution in [3.8, 4) is 0 Å².